The third kappa shape index (κ3) is 4.58. The average molecular weight is 296 g/mol. The molecule has 4 heteroatoms. The maximum absolute atomic E-state index is 12.1. The van der Waals surface area contributed by atoms with Crippen molar-refractivity contribution < 1.29 is 9.53 Å². The number of halogens is 1. The summed E-state index contributed by atoms with van der Waals surface area (Å²) in [7, 11) is 0. The number of hydrogen-bond acceptors (Lipinski definition) is 3. The van der Waals surface area contributed by atoms with E-state index in [9.17, 15) is 4.79 Å². The number of likely N-dealkylation sites (tertiary alicyclic amines) is 1. The summed E-state index contributed by atoms with van der Waals surface area (Å²) in [4.78, 5) is 14.4. The fraction of sp³-hybridized carbons (Fsp3) is 0.562. The molecule has 0 aromatic heterocycles. The van der Waals surface area contributed by atoms with Crippen LogP contribution in [0.1, 0.15) is 36.5 Å². The largest absolute Gasteiger partial charge is 0.378 e. The fourth-order valence-corrected chi connectivity index (χ4v) is 2.79. The maximum Gasteiger partial charge on any atom is 0.164 e. The van der Waals surface area contributed by atoms with E-state index in [1.165, 1.54) is 0 Å². The van der Waals surface area contributed by atoms with E-state index in [0.717, 1.165) is 39.1 Å². The minimum atomic E-state index is 0.166. The van der Waals surface area contributed by atoms with Crippen LogP contribution >= 0.6 is 11.6 Å². The summed E-state index contributed by atoms with van der Waals surface area (Å²) in [6, 6.07) is 7.18. The highest BCUT2D eigenvalue weighted by atomic mass is 35.5. The van der Waals surface area contributed by atoms with Crippen LogP contribution < -0.4 is 0 Å². The quantitative estimate of drug-likeness (QED) is 0.753. The standard InChI is InChI=1S/C16H22ClNO2/c1-2-20-15-6-9-18(10-7-15)11-8-16(19)13-4-3-5-14(17)12-13/h3-5,12,15H,2,6-11H2,1H3. The first-order valence-corrected chi connectivity index (χ1v) is 7.69. The predicted octanol–water partition coefficient (Wildman–Crippen LogP) is 3.41. The number of ether oxygens (including phenoxy) is 1. The van der Waals surface area contributed by atoms with Crippen LogP contribution in [0.5, 0.6) is 0 Å². The molecule has 20 heavy (non-hydrogen) atoms. The van der Waals surface area contributed by atoms with Gasteiger partial charge in [0.25, 0.3) is 0 Å². The van der Waals surface area contributed by atoms with Crippen molar-refractivity contribution in [2.45, 2.75) is 32.3 Å². The van der Waals surface area contributed by atoms with Crippen molar-refractivity contribution in [2.24, 2.45) is 0 Å². The van der Waals surface area contributed by atoms with Gasteiger partial charge in [-0.05, 0) is 31.9 Å². The maximum atomic E-state index is 12.1. The van der Waals surface area contributed by atoms with Crippen molar-refractivity contribution in [3.63, 3.8) is 0 Å². The molecule has 0 atom stereocenters. The highest BCUT2D eigenvalue weighted by Crippen LogP contribution is 2.16. The lowest BCUT2D eigenvalue weighted by Crippen LogP contribution is -2.38. The van der Waals surface area contributed by atoms with Crippen LogP contribution in [0.4, 0.5) is 0 Å². The summed E-state index contributed by atoms with van der Waals surface area (Å²) in [5, 5.41) is 0.619. The van der Waals surface area contributed by atoms with Crippen LogP contribution in [0, 0.1) is 0 Å². The lowest BCUT2D eigenvalue weighted by molar-refractivity contribution is 0.0143. The first-order valence-electron chi connectivity index (χ1n) is 7.31. The summed E-state index contributed by atoms with van der Waals surface area (Å²) in [6.45, 7) is 5.69. The number of Topliss-reactive ketones (excluding diaryl/α,β-unsaturated/α-hetero) is 1. The van der Waals surface area contributed by atoms with E-state index in [-0.39, 0.29) is 5.78 Å². The highest BCUT2D eigenvalue weighted by Gasteiger charge is 2.19. The van der Waals surface area contributed by atoms with Crippen molar-refractivity contribution in [2.75, 3.05) is 26.2 Å². The molecule has 0 N–H and O–H groups in total. The minimum absolute atomic E-state index is 0.166. The second-order valence-corrected chi connectivity index (χ2v) is 5.62. The molecule has 0 unspecified atom stereocenters. The molecule has 110 valence electrons. The Morgan fingerprint density at radius 2 is 2.15 bits per heavy atom. The van der Waals surface area contributed by atoms with E-state index in [0.29, 0.717) is 23.1 Å². The number of ketones is 1. The third-order valence-electron chi connectivity index (χ3n) is 3.74. The number of piperidine rings is 1. The van der Waals surface area contributed by atoms with Gasteiger partial charge in [-0.1, -0.05) is 23.7 Å². The summed E-state index contributed by atoms with van der Waals surface area (Å²) < 4.78 is 5.63. The van der Waals surface area contributed by atoms with Gasteiger partial charge in [0.15, 0.2) is 5.78 Å². The first kappa shape index (κ1) is 15.5. The number of carbonyl (C=O) groups excluding carboxylic acids is 1. The first-order chi connectivity index (χ1) is 9.69. The Hall–Kier alpha value is -0.900. The zero-order valence-corrected chi connectivity index (χ0v) is 12.7. The number of rotatable bonds is 6. The van der Waals surface area contributed by atoms with Crippen molar-refractivity contribution >= 4 is 17.4 Å². The van der Waals surface area contributed by atoms with Crippen molar-refractivity contribution in [1.82, 2.24) is 4.90 Å². The normalized spacial score (nSPS) is 17.3. The van der Waals surface area contributed by atoms with Crippen molar-refractivity contribution in [3.8, 4) is 0 Å². The van der Waals surface area contributed by atoms with E-state index < -0.39 is 0 Å². The molecule has 0 spiro atoms. The molecule has 0 saturated carbocycles. The van der Waals surface area contributed by atoms with E-state index in [2.05, 4.69) is 4.90 Å². The molecule has 1 saturated heterocycles. The van der Waals surface area contributed by atoms with Crippen LogP contribution in [0.2, 0.25) is 5.02 Å². The van der Waals surface area contributed by atoms with Crippen LogP contribution in [0.25, 0.3) is 0 Å². The Bertz CT molecular complexity index is 442. The zero-order chi connectivity index (χ0) is 14.4. The number of nitrogens with zero attached hydrogens (tertiary/aromatic N) is 1. The molecule has 1 aromatic rings. The molecule has 1 fully saturated rings. The van der Waals surface area contributed by atoms with E-state index in [1.54, 1.807) is 12.1 Å². The van der Waals surface area contributed by atoms with Gasteiger partial charge in [-0.25, -0.2) is 0 Å². The summed E-state index contributed by atoms with van der Waals surface area (Å²) in [6.07, 6.45) is 3.10. The van der Waals surface area contributed by atoms with Crippen LogP contribution in [0.15, 0.2) is 24.3 Å². The smallest absolute Gasteiger partial charge is 0.164 e. The molecule has 1 aliphatic rings. The zero-order valence-electron chi connectivity index (χ0n) is 12.0. The van der Waals surface area contributed by atoms with Gasteiger partial charge in [0.05, 0.1) is 6.10 Å². The van der Waals surface area contributed by atoms with Gasteiger partial charge in [-0.3, -0.25) is 4.79 Å². The second-order valence-electron chi connectivity index (χ2n) is 5.18. The molecule has 0 bridgehead atoms. The van der Waals surface area contributed by atoms with Gasteiger partial charge < -0.3 is 9.64 Å². The predicted molar refractivity (Wildman–Crippen MR) is 81.5 cm³/mol. The topological polar surface area (TPSA) is 29.5 Å². The number of benzene rings is 1. The number of carbonyl (C=O) groups is 1. The third-order valence-corrected chi connectivity index (χ3v) is 3.97. The Balaban J connectivity index is 1.74. The van der Waals surface area contributed by atoms with E-state index >= 15 is 0 Å². The highest BCUT2D eigenvalue weighted by molar-refractivity contribution is 6.31. The van der Waals surface area contributed by atoms with E-state index in [4.69, 9.17) is 16.3 Å². The SMILES string of the molecule is CCOC1CCN(CCC(=O)c2cccc(Cl)c2)CC1. The van der Waals surface area contributed by atoms with Gasteiger partial charge in [-0.2, -0.15) is 0 Å². The summed E-state index contributed by atoms with van der Waals surface area (Å²) >= 11 is 5.91. The molecule has 2 rings (SSSR count). The Morgan fingerprint density at radius 3 is 2.80 bits per heavy atom. The average Bonchev–Trinajstić information content (AvgIpc) is 2.46. The molecule has 1 heterocycles. The minimum Gasteiger partial charge on any atom is -0.378 e. The molecule has 0 amide bonds. The molecule has 1 aromatic carbocycles. The lowest BCUT2D eigenvalue weighted by atomic mass is 10.1. The van der Waals surface area contributed by atoms with Crippen molar-refractivity contribution in [3.05, 3.63) is 34.9 Å². The van der Waals surface area contributed by atoms with Crippen molar-refractivity contribution in [1.29, 1.82) is 0 Å². The molecular weight excluding hydrogens is 274 g/mol. The van der Waals surface area contributed by atoms with Gasteiger partial charge in [-0.15, -0.1) is 0 Å². The van der Waals surface area contributed by atoms with Crippen LogP contribution in [0.3, 0.4) is 0 Å². The van der Waals surface area contributed by atoms with Crippen LogP contribution in [-0.2, 0) is 4.74 Å². The van der Waals surface area contributed by atoms with Gasteiger partial charge in [0, 0.05) is 43.2 Å². The van der Waals surface area contributed by atoms with E-state index in [1.807, 2.05) is 19.1 Å². The Kier molecular flexibility index (Phi) is 6.02. The molecule has 3 nitrogen and oxygen atoms in total. The second kappa shape index (κ2) is 7.77. The van der Waals surface area contributed by atoms with Gasteiger partial charge in [0.1, 0.15) is 0 Å². The van der Waals surface area contributed by atoms with Gasteiger partial charge in [0.2, 0.25) is 0 Å². The Labute approximate surface area is 125 Å². The molecule has 0 aliphatic carbocycles. The number of hydrogen-bond donors (Lipinski definition) is 0. The lowest BCUT2D eigenvalue weighted by Gasteiger charge is -2.31. The summed E-state index contributed by atoms with van der Waals surface area (Å²) in [5.74, 6) is 0.166. The van der Waals surface area contributed by atoms with Gasteiger partial charge >= 0.3 is 0 Å². The molecular formula is C16H22ClNO2. The Morgan fingerprint density at radius 1 is 1.40 bits per heavy atom. The molecule has 1 aliphatic heterocycles. The van der Waals surface area contributed by atoms with Crippen LogP contribution in [-0.4, -0.2) is 43.0 Å². The monoisotopic (exact) mass is 295 g/mol. The fourth-order valence-electron chi connectivity index (χ4n) is 2.60. The summed E-state index contributed by atoms with van der Waals surface area (Å²) in [5.41, 5.74) is 0.710. The molecule has 0 radical (unpaired) electrons.